The monoisotopic (exact) mass is 247 g/mol. The van der Waals surface area contributed by atoms with Gasteiger partial charge in [0.15, 0.2) is 0 Å². The van der Waals surface area contributed by atoms with E-state index in [4.69, 9.17) is 5.11 Å². The summed E-state index contributed by atoms with van der Waals surface area (Å²) in [6, 6.07) is 8.33. The van der Waals surface area contributed by atoms with Crippen molar-refractivity contribution in [1.82, 2.24) is 14.7 Å². The Bertz CT molecular complexity index is 507. The number of aliphatic hydroxyl groups excluding tert-OH is 1. The number of rotatable bonds is 6. The van der Waals surface area contributed by atoms with Crippen molar-refractivity contribution in [2.24, 2.45) is 0 Å². The molecule has 2 aromatic rings. The third-order valence-corrected chi connectivity index (χ3v) is 3.27. The third kappa shape index (κ3) is 2.54. The standard InChI is InChI=1S/C14H21N3O/c1-3-16(9-10-18)11-13-12-7-5-6-8-14(12)17(4-2)15-13/h5-8,18H,3-4,9-11H2,1-2H3. The highest BCUT2D eigenvalue weighted by Crippen LogP contribution is 2.19. The molecule has 0 spiro atoms. The van der Waals surface area contributed by atoms with Crippen molar-refractivity contribution in [3.8, 4) is 0 Å². The fraction of sp³-hybridized carbons (Fsp3) is 0.500. The lowest BCUT2D eigenvalue weighted by Gasteiger charge is -2.17. The van der Waals surface area contributed by atoms with Gasteiger partial charge in [-0.3, -0.25) is 9.58 Å². The van der Waals surface area contributed by atoms with Gasteiger partial charge in [-0.05, 0) is 19.5 Å². The summed E-state index contributed by atoms with van der Waals surface area (Å²) in [6.07, 6.45) is 0. The first-order chi connectivity index (χ1) is 8.80. The van der Waals surface area contributed by atoms with E-state index in [1.807, 2.05) is 10.7 Å². The van der Waals surface area contributed by atoms with Crippen molar-refractivity contribution in [2.45, 2.75) is 26.9 Å². The van der Waals surface area contributed by atoms with Crippen LogP contribution in [-0.2, 0) is 13.1 Å². The van der Waals surface area contributed by atoms with Crippen LogP contribution >= 0.6 is 0 Å². The number of para-hydroxylation sites is 1. The minimum atomic E-state index is 0.195. The molecule has 0 fully saturated rings. The summed E-state index contributed by atoms with van der Waals surface area (Å²) in [5.41, 5.74) is 2.29. The first-order valence-corrected chi connectivity index (χ1v) is 6.57. The van der Waals surface area contributed by atoms with Crippen molar-refractivity contribution in [3.63, 3.8) is 0 Å². The van der Waals surface area contributed by atoms with E-state index in [0.29, 0.717) is 6.54 Å². The topological polar surface area (TPSA) is 41.3 Å². The largest absolute Gasteiger partial charge is 0.395 e. The Labute approximate surface area is 108 Å². The first kappa shape index (κ1) is 13.1. The SMILES string of the molecule is CCN(CCO)Cc1nn(CC)c2ccccc12. The normalized spacial score (nSPS) is 11.6. The minimum absolute atomic E-state index is 0.195. The lowest BCUT2D eigenvalue weighted by Crippen LogP contribution is -2.26. The number of likely N-dealkylation sites (N-methyl/N-ethyl adjacent to an activating group) is 1. The number of hydrogen-bond donors (Lipinski definition) is 1. The zero-order valence-corrected chi connectivity index (χ0v) is 11.1. The fourth-order valence-electron chi connectivity index (χ4n) is 2.26. The summed E-state index contributed by atoms with van der Waals surface area (Å²) in [6.45, 7) is 7.71. The van der Waals surface area contributed by atoms with Gasteiger partial charge in [0.25, 0.3) is 0 Å². The average molecular weight is 247 g/mol. The molecule has 0 aliphatic carbocycles. The molecule has 0 aliphatic heterocycles. The van der Waals surface area contributed by atoms with Crippen LogP contribution in [-0.4, -0.2) is 39.5 Å². The molecule has 2 rings (SSSR count). The number of aliphatic hydroxyl groups is 1. The van der Waals surface area contributed by atoms with Gasteiger partial charge in [-0.2, -0.15) is 5.10 Å². The van der Waals surface area contributed by atoms with Crippen molar-refractivity contribution >= 4 is 10.9 Å². The van der Waals surface area contributed by atoms with Gasteiger partial charge in [0.2, 0.25) is 0 Å². The van der Waals surface area contributed by atoms with Gasteiger partial charge in [0.1, 0.15) is 0 Å². The van der Waals surface area contributed by atoms with E-state index < -0.39 is 0 Å². The number of benzene rings is 1. The summed E-state index contributed by atoms with van der Waals surface area (Å²) in [7, 11) is 0. The Morgan fingerprint density at radius 3 is 2.72 bits per heavy atom. The van der Waals surface area contributed by atoms with Crippen LogP contribution < -0.4 is 0 Å². The highest BCUT2D eigenvalue weighted by atomic mass is 16.3. The Balaban J connectivity index is 2.32. The molecule has 0 aliphatic rings. The Morgan fingerprint density at radius 2 is 2.06 bits per heavy atom. The van der Waals surface area contributed by atoms with Crippen molar-refractivity contribution < 1.29 is 5.11 Å². The van der Waals surface area contributed by atoms with E-state index >= 15 is 0 Å². The molecule has 1 heterocycles. The predicted octanol–water partition coefficient (Wildman–Crippen LogP) is 1.87. The van der Waals surface area contributed by atoms with Crippen LogP contribution in [0.3, 0.4) is 0 Å². The molecule has 1 aromatic carbocycles. The van der Waals surface area contributed by atoms with Crippen molar-refractivity contribution in [2.75, 3.05) is 19.7 Å². The molecule has 0 bridgehead atoms. The van der Waals surface area contributed by atoms with Crippen LogP contribution in [0.25, 0.3) is 10.9 Å². The predicted molar refractivity (Wildman–Crippen MR) is 73.4 cm³/mol. The minimum Gasteiger partial charge on any atom is -0.395 e. The summed E-state index contributed by atoms with van der Waals surface area (Å²) in [5, 5.41) is 14.9. The van der Waals surface area contributed by atoms with E-state index in [9.17, 15) is 0 Å². The summed E-state index contributed by atoms with van der Waals surface area (Å²) in [4.78, 5) is 2.20. The van der Waals surface area contributed by atoms with Crippen LogP contribution in [0.1, 0.15) is 19.5 Å². The number of aromatic nitrogens is 2. The van der Waals surface area contributed by atoms with Gasteiger partial charge in [-0.15, -0.1) is 0 Å². The smallest absolute Gasteiger partial charge is 0.0843 e. The Hall–Kier alpha value is -1.39. The molecule has 1 N–H and O–H groups in total. The zero-order chi connectivity index (χ0) is 13.0. The van der Waals surface area contributed by atoms with Crippen LogP contribution in [0.4, 0.5) is 0 Å². The number of nitrogens with zero attached hydrogens (tertiary/aromatic N) is 3. The molecule has 0 saturated heterocycles. The van der Waals surface area contributed by atoms with E-state index in [1.165, 1.54) is 10.9 Å². The number of aryl methyl sites for hydroxylation is 1. The van der Waals surface area contributed by atoms with Crippen LogP contribution in [0.15, 0.2) is 24.3 Å². The van der Waals surface area contributed by atoms with Gasteiger partial charge >= 0.3 is 0 Å². The number of hydrogen-bond acceptors (Lipinski definition) is 3. The highest BCUT2D eigenvalue weighted by Gasteiger charge is 2.11. The average Bonchev–Trinajstić information content (AvgIpc) is 2.76. The van der Waals surface area contributed by atoms with E-state index in [0.717, 1.165) is 25.3 Å². The van der Waals surface area contributed by atoms with Gasteiger partial charge in [0.05, 0.1) is 17.8 Å². The molecule has 4 nitrogen and oxygen atoms in total. The van der Waals surface area contributed by atoms with E-state index in [-0.39, 0.29) is 6.61 Å². The maximum absolute atomic E-state index is 9.04. The number of fused-ring (bicyclic) bond motifs is 1. The van der Waals surface area contributed by atoms with Gasteiger partial charge in [-0.25, -0.2) is 0 Å². The highest BCUT2D eigenvalue weighted by molar-refractivity contribution is 5.81. The molecule has 0 amide bonds. The molecule has 0 saturated carbocycles. The van der Waals surface area contributed by atoms with Gasteiger partial charge < -0.3 is 5.11 Å². The maximum atomic E-state index is 9.04. The molecule has 98 valence electrons. The lowest BCUT2D eigenvalue weighted by atomic mass is 10.2. The quantitative estimate of drug-likeness (QED) is 0.847. The van der Waals surface area contributed by atoms with Gasteiger partial charge in [-0.1, -0.05) is 25.1 Å². The lowest BCUT2D eigenvalue weighted by molar-refractivity contribution is 0.195. The molecule has 0 radical (unpaired) electrons. The summed E-state index contributed by atoms with van der Waals surface area (Å²) >= 11 is 0. The second-order valence-corrected chi connectivity index (χ2v) is 4.37. The molecule has 0 unspecified atom stereocenters. The molecule has 1 aromatic heterocycles. The molecule has 18 heavy (non-hydrogen) atoms. The second kappa shape index (κ2) is 5.98. The summed E-state index contributed by atoms with van der Waals surface area (Å²) in [5.74, 6) is 0. The molecular formula is C14H21N3O. The van der Waals surface area contributed by atoms with Crippen molar-refractivity contribution in [3.05, 3.63) is 30.0 Å². The third-order valence-electron chi connectivity index (χ3n) is 3.27. The van der Waals surface area contributed by atoms with Crippen LogP contribution in [0.5, 0.6) is 0 Å². The van der Waals surface area contributed by atoms with Crippen LogP contribution in [0, 0.1) is 0 Å². The zero-order valence-electron chi connectivity index (χ0n) is 11.1. The van der Waals surface area contributed by atoms with E-state index in [2.05, 4.69) is 42.0 Å². The second-order valence-electron chi connectivity index (χ2n) is 4.37. The van der Waals surface area contributed by atoms with Gasteiger partial charge in [0, 0.05) is 25.0 Å². The fourth-order valence-corrected chi connectivity index (χ4v) is 2.26. The summed E-state index contributed by atoms with van der Waals surface area (Å²) < 4.78 is 2.04. The maximum Gasteiger partial charge on any atom is 0.0843 e. The first-order valence-electron chi connectivity index (χ1n) is 6.57. The molecule has 4 heteroatoms. The molecular weight excluding hydrogens is 226 g/mol. The Morgan fingerprint density at radius 1 is 1.28 bits per heavy atom. The van der Waals surface area contributed by atoms with E-state index in [1.54, 1.807) is 0 Å². The van der Waals surface area contributed by atoms with Crippen LogP contribution in [0.2, 0.25) is 0 Å². The van der Waals surface area contributed by atoms with Crippen molar-refractivity contribution in [1.29, 1.82) is 0 Å². The Kier molecular flexibility index (Phi) is 4.33. The molecule has 0 atom stereocenters.